The van der Waals surface area contributed by atoms with Crippen molar-refractivity contribution >= 4 is 18.3 Å². The average molecular weight is 406 g/mol. The van der Waals surface area contributed by atoms with Gasteiger partial charge in [0.05, 0.1) is 6.04 Å². The number of piperidine rings is 1. The molecule has 0 radical (unpaired) electrons. The van der Waals surface area contributed by atoms with Gasteiger partial charge in [0.15, 0.2) is 0 Å². The maximum Gasteiger partial charge on any atom is 0.272 e. The molecule has 1 unspecified atom stereocenters. The molecule has 1 fully saturated rings. The molecule has 0 bridgehead atoms. The third-order valence-electron chi connectivity index (χ3n) is 5.33. The topological polar surface area (TPSA) is 62.2 Å². The summed E-state index contributed by atoms with van der Waals surface area (Å²) in [4.78, 5) is 14.9. The van der Waals surface area contributed by atoms with E-state index in [1.54, 1.807) is 0 Å². The molecular formula is C21H32ClN5O. The molecular weight excluding hydrogens is 374 g/mol. The second-order valence-corrected chi connectivity index (χ2v) is 7.09. The Morgan fingerprint density at radius 1 is 1.25 bits per heavy atom. The summed E-state index contributed by atoms with van der Waals surface area (Å²) in [5, 5.41) is 10.9. The second kappa shape index (κ2) is 11.2. The highest BCUT2D eigenvalue weighted by Gasteiger charge is 2.18. The monoisotopic (exact) mass is 405 g/mol. The molecule has 6 nitrogen and oxygen atoms in total. The summed E-state index contributed by atoms with van der Waals surface area (Å²) in [7, 11) is 0. The lowest BCUT2D eigenvalue weighted by molar-refractivity contribution is 0.0944. The molecule has 0 aliphatic carbocycles. The fourth-order valence-electron chi connectivity index (χ4n) is 3.56. The van der Waals surface area contributed by atoms with Crippen LogP contribution in [0.4, 0.5) is 0 Å². The highest BCUT2D eigenvalue weighted by molar-refractivity contribution is 5.92. The third-order valence-corrected chi connectivity index (χ3v) is 5.33. The van der Waals surface area contributed by atoms with Gasteiger partial charge in [-0.3, -0.25) is 14.4 Å². The highest BCUT2D eigenvalue weighted by atomic mass is 35.5. The standard InChI is InChI=1S/C21H31N5O.ClH/c1-3-25(4-2)16-18-9-6-5-8-17(18)14-23-21(27)20-11-13-26(24-20)19-10-7-12-22-15-19;/h5-6,8-9,11,13,19,22H,3-4,7,10,12,14-16H2,1-2H3,(H,23,27);1H. The first-order valence-electron chi connectivity index (χ1n) is 10.0. The minimum Gasteiger partial charge on any atom is -0.347 e. The van der Waals surface area contributed by atoms with Gasteiger partial charge < -0.3 is 10.6 Å². The molecule has 1 saturated heterocycles. The first-order chi connectivity index (χ1) is 13.2. The number of nitrogens with one attached hydrogen (secondary N) is 2. The zero-order valence-corrected chi connectivity index (χ0v) is 17.7. The van der Waals surface area contributed by atoms with Crippen molar-refractivity contribution in [3.05, 3.63) is 53.3 Å². The van der Waals surface area contributed by atoms with Crippen molar-refractivity contribution in [1.29, 1.82) is 0 Å². The molecule has 1 amide bonds. The number of aromatic nitrogens is 2. The van der Waals surface area contributed by atoms with Crippen molar-refractivity contribution in [3.63, 3.8) is 0 Å². The molecule has 1 aromatic heterocycles. The number of carbonyl (C=O) groups excluding carboxylic acids is 1. The van der Waals surface area contributed by atoms with Gasteiger partial charge in [0, 0.05) is 25.8 Å². The smallest absolute Gasteiger partial charge is 0.272 e. The lowest BCUT2D eigenvalue weighted by atomic mass is 10.1. The molecule has 1 aliphatic heterocycles. The van der Waals surface area contributed by atoms with Crippen LogP contribution < -0.4 is 10.6 Å². The molecule has 2 N–H and O–H groups in total. The molecule has 1 atom stereocenters. The van der Waals surface area contributed by atoms with Crippen LogP contribution in [-0.4, -0.2) is 46.8 Å². The van der Waals surface area contributed by atoms with E-state index >= 15 is 0 Å². The Balaban J connectivity index is 0.00000280. The Bertz CT molecular complexity index is 738. The Morgan fingerprint density at radius 3 is 2.68 bits per heavy atom. The largest absolute Gasteiger partial charge is 0.347 e. The van der Waals surface area contributed by atoms with E-state index in [1.807, 2.05) is 23.0 Å². The maximum absolute atomic E-state index is 12.5. The number of hydrogen-bond donors (Lipinski definition) is 2. The summed E-state index contributed by atoms with van der Waals surface area (Å²) in [5.74, 6) is -0.116. The van der Waals surface area contributed by atoms with Crippen LogP contribution in [0.2, 0.25) is 0 Å². The van der Waals surface area contributed by atoms with Gasteiger partial charge in [-0.1, -0.05) is 38.1 Å². The SMILES string of the molecule is CCN(CC)Cc1ccccc1CNC(=O)c1ccn(C2CCCNC2)n1.Cl. The summed E-state index contributed by atoms with van der Waals surface area (Å²) in [6.07, 6.45) is 4.17. The summed E-state index contributed by atoms with van der Waals surface area (Å²) in [5.41, 5.74) is 2.91. The summed E-state index contributed by atoms with van der Waals surface area (Å²) in [6.45, 7) is 9.79. The van der Waals surface area contributed by atoms with Crippen molar-refractivity contribution in [3.8, 4) is 0 Å². The van der Waals surface area contributed by atoms with Crippen LogP contribution in [0.25, 0.3) is 0 Å². The minimum atomic E-state index is -0.116. The minimum absolute atomic E-state index is 0. The Morgan fingerprint density at radius 2 is 2.00 bits per heavy atom. The summed E-state index contributed by atoms with van der Waals surface area (Å²) < 4.78 is 1.93. The van der Waals surface area contributed by atoms with Gasteiger partial charge in [-0.15, -0.1) is 12.4 Å². The van der Waals surface area contributed by atoms with Crippen molar-refractivity contribution in [2.24, 2.45) is 0 Å². The molecule has 1 aromatic carbocycles. The number of carbonyl (C=O) groups is 1. The number of nitrogens with zero attached hydrogens (tertiary/aromatic N) is 3. The number of amides is 1. The van der Waals surface area contributed by atoms with Crippen molar-refractivity contribution in [1.82, 2.24) is 25.3 Å². The number of halogens is 1. The van der Waals surface area contributed by atoms with E-state index in [1.165, 1.54) is 5.56 Å². The molecule has 154 valence electrons. The van der Waals surface area contributed by atoms with Gasteiger partial charge in [-0.05, 0) is 49.7 Å². The predicted molar refractivity (Wildman–Crippen MR) is 115 cm³/mol. The van der Waals surface area contributed by atoms with Crippen LogP contribution in [0.1, 0.15) is 54.3 Å². The quantitative estimate of drug-likeness (QED) is 0.708. The van der Waals surface area contributed by atoms with E-state index in [4.69, 9.17) is 0 Å². The van der Waals surface area contributed by atoms with E-state index in [0.717, 1.165) is 51.1 Å². The number of benzene rings is 1. The highest BCUT2D eigenvalue weighted by Crippen LogP contribution is 2.16. The van der Waals surface area contributed by atoms with Crippen LogP contribution in [0.15, 0.2) is 36.5 Å². The fraction of sp³-hybridized carbons (Fsp3) is 0.524. The predicted octanol–water partition coefficient (Wildman–Crippen LogP) is 3.00. The lowest BCUT2D eigenvalue weighted by Gasteiger charge is -2.22. The van der Waals surface area contributed by atoms with E-state index in [-0.39, 0.29) is 18.3 Å². The van der Waals surface area contributed by atoms with Crippen LogP contribution >= 0.6 is 12.4 Å². The van der Waals surface area contributed by atoms with Crippen LogP contribution in [0.5, 0.6) is 0 Å². The average Bonchev–Trinajstić information content (AvgIpc) is 3.22. The third kappa shape index (κ3) is 5.80. The van der Waals surface area contributed by atoms with Gasteiger partial charge in [-0.2, -0.15) is 5.10 Å². The van der Waals surface area contributed by atoms with Crippen molar-refractivity contribution < 1.29 is 4.79 Å². The van der Waals surface area contributed by atoms with E-state index in [2.05, 4.69) is 52.7 Å². The van der Waals surface area contributed by atoms with Crippen LogP contribution in [-0.2, 0) is 13.1 Å². The number of hydrogen-bond acceptors (Lipinski definition) is 4. The Hall–Kier alpha value is -1.89. The van der Waals surface area contributed by atoms with Crippen LogP contribution in [0.3, 0.4) is 0 Å². The van der Waals surface area contributed by atoms with Gasteiger partial charge in [-0.25, -0.2) is 0 Å². The zero-order valence-electron chi connectivity index (χ0n) is 16.9. The first-order valence-corrected chi connectivity index (χ1v) is 10.0. The lowest BCUT2D eigenvalue weighted by Crippen LogP contribution is -2.32. The molecule has 0 spiro atoms. The summed E-state index contributed by atoms with van der Waals surface area (Å²) >= 11 is 0. The van der Waals surface area contributed by atoms with Gasteiger partial charge in [0.1, 0.15) is 5.69 Å². The van der Waals surface area contributed by atoms with Crippen molar-refractivity contribution in [2.45, 2.75) is 45.8 Å². The second-order valence-electron chi connectivity index (χ2n) is 7.09. The van der Waals surface area contributed by atoms with Gasteiger partial charge in [0.25, 0.3) is 5.91 Å². The molecule has 28 heavy (non-hydrogen) atoms. The molecule has 0 saturated carbocycles. The molecule has 1 aliphatic rings. The Labute approximate surface area is 174 Å². The number of rotatable bonds is 8. The Kier molecular flexibility index (Phi) is 8.96. The first kappa shape index (κ1) is 22.4. The molecule has 7 heteroatoms. The van der Waals surface area contributed by atoms with E-state index in [9.17, 15) is 4.79 Å². The summed E-state index contributed by atoms with van der Waals surface area (Å²) in [6, 6.07) is 10.5. The van der Waals surface area contributed by atoms with E-state index in [0.29, 0.717) is 18.3 Å². The fourth-order valence-corrected chi connectivity index (χ4v) is 3.56. The van der Waals surface area contributed by atoms with Crippen molar-refractivity contribution in [2.75, 3.05) is 26.2 Å². The zero-order chi connectivity index (χ0) is 19.1. The normalized spacial score (nSPS) is 16.6. The van der Waals surface area contributed by atoms with Gasteiger partial charge in [0.2, 0.25) is 0 Å². The molecule has 2 aromatic rings. The maximum atomic E-state index is 12.5. The van der Waals surface area contributed by atoms with Gasteiger partial charge >= 0.3 is 0 Å². The molecule has 3 rings (SSSR count). The molecule has 2 heterocycles. The van der Waals surface area contributed by atoms with E-state index < -0.39 is 0 Å². The van der Waals surface area contributed by atoms with Crippen LogP contribution in [0, 0.1) is 0 Å².